The predicted octanol–water partition coefficient (Wildman–Crippen LogP) is 2.82. The molecule has 1 aromatic carbocycles. The number of rotatable bonds is 5. The Morgan fingerprint density at radius 2 is 1.91 bits per heavy atom. The molecule has 6 nitrogen and oxygen atoms in total. The molecular weight excluding hydrogens is 366 g/mol. The highest BCUT2D eigenvalue weighted by atomic mass is 79.9. The second-order valence-electron chi connectivity index (χ2n) is 5.39. The zero-order chi connectivity index (χ0) is 17.0. The zero-order valence-corrected chi connectivity index (χ0v) is 13.9. The number of carbonyl (C=O) groups excluding carboxylic acids is 2. The molecular formula is C16H16BrNO5. The van der Waals surface area contributed by atoms with Gasteiger partial charge in [0, 0.05) is 23.4 Å². The van der Waals surface area contributed by atoms with E-state index in [9.17, 15) is 19.7 Å². The normalized spacial score (nSPS) is 18.1. The highest BCUT2D eigenvalue weighted by molar-refractivity contribution is 9.11. The van der Waals surface area contributed by atoms with Crippen molar-refractivity contribution in [2.75, 3.05) is 6.61 Å². The number of carbonyl (C=O) groups is 2. The van der Waals surface area contributed by atoms with Gasteiger partial charge in [-0.05, 0) is 12.8 Å². The van der Waals surface area contributed by atoms with Crippen molar-refractivity contribution in [1.29, 1.82) is 0 Å². The van der Waals surface area contributed by atoms with Crippen LogP contribution < -0.4 is 0 Å². The van der Waals surface area contributed by atoms with E-state index < -0.39 is 10.3 Å². The van der Waals surface area contributed by atoms with Crippen LogP contribution in [0.4, 0.5) is 5.69 Å². The Morgan fingerprint density at radius 1 is 1.30 bits per heavy atom. The number of aliphatic hydroxyl groups is 1. The molecule has 1 N–H and O–H groups in total. The Kier molecular flexibility index (Phi) is 5.43. The van der Waals surface area contributed by atoms with Crippen LogP contribution in [0.1, 0.15) is 31.2 Å². The molecule has 0 aliphatic heterocycles. The van der Waals surface area contributed by atoms with Gasteiger partial charge in [-0.1, -0.05) is 40.2 Å². The van der Waals surface area contributed by atoms with Gasteiger partial charge in [-0.25, -0.2) is 0 Å². The molecule has 1 aliphatic rings. The quantitative estimate of drug-likeness (QED) is 0.480. The second kappa shape index (κ2) is 7.14. The van der Waals surface area contributed by atoms with Crippen LogP contribution in [0.5, 0.6) is 0 Å². The van der Waals surface area contributed by atoms with Gasteiger partial charge in [0.1, 0.15) is 5.41 Å². The lowest BCUT2D eigenvalue weighted by Crippen LogP contribution is -2.46. The summed E-state index contributed by atoms with van der Waals surface area (Å²) in [6.45, 7) is -0.269. The number of allylic oxidation sites excluding steroid dienone is 1. The number of hydrogen-bond donors (Lipinski definition) is 1. The Bertz CT molecular complexity index is 667. The molecule has 1 fully saturated rings. The Balaban J connectivity index is 2.65. The molecule has 0 bridgehead atoms. The minimum absolute atomic E-state index is 0.00331. The van der Waals surface area contributed by atoms with Gasteiger partial charge in [-0.15, -0.1) is 0 Å². The zero-order valence-electron chi connectivity index (χ0n) is 12.3. The van der Waals surface area contributed by atoms with Crippen molar-refractivity contribution in [3.8, 4) is 0 Å². The summed E-state index contributed by atoms with van der Waals surface area (Å²) in [4.78, 5) is 36.1. The molecule has 0 heterocycles. The first-order chi connectivity index (χ1) is 10.9. The monoisotopic (exact) mass is 381 g/mol. The van der Waals surface area contributed by atoms with E-state index in [1.807, 2.05) is 0 Å². The molecule has 1 saturated carbocycles. The summed E-state index contributed by atoms with van der Waals surface area (Å²) in [5.74, 6) is -0.616. The minimum atomic E-state index is -1.55. The molecule has 0 unspecified atom stereocenters. The Labute approximate surface area is 141 Å². The molecule has 7 heteroatoms. The first kappa shape index (κ1) is 17.5. The highest BCUT2D eigenvalue weighted by Gasteiger charge is 2.50. The van der Waals surface area contributed by atoms with Gasteiger partial charge in [-0.2, -0.15) is 0 Å². The number of ketones is 2. The number of para-hydroxylation sites is 1. The summed E-state index contributed by atoms with van der Waals surface area (Å²) in [5, 5.41) is 20.4. The fourth-order valence-electron chi connectivity index (χ4n) is 2.95. The molecule has 1 aromatic rings. The van der Waals surface area contributed by atoms with Crippen molar-refractivity contribution >= 4 is 33.2 Å². The van der Waals surface area contributed by atoms with E-state index in [0.717, 1.165) is 0 Å². The third-order valence-corrected chi connectivity index (χ3v) is 4.68. The maximum atomic E-state index is 12.7. The minimum Gasteiger partial charge on any atom is -0.391 e. The summed E-state index contributed by atoms with van der Waals surface area (Å²) in [6, 6.07) is 5.87. The highest BCUT2D eigenvalue weighted by Crippen LogP contribution is 2.42. The number of benzene rings is 1. The first-order valence-electron chi connectivity index (χ1n) is 7.19. The molecule has 0 amide bonds. The molecule has 0 spiro atoms. The van der Waals surface area contributed by atoms with Crippen LogP contribution in [-0.2, 0) is 15.0 Å². The van der Waals surface area contributed by atoms with E-state index in [1.165, 1.54) is 24.3 Å². The number of halogens is 1. The fraction of sp³-hybridized carbons (Fsp3) is 0.375. The number of nitro benzene ring substituents is 1. The van der Waals surface area contributed by atoms with Crippen molar-refractivity contribution in [3.05, 3.63) is 50.5 Å². The van der Waals surface area contributed by atoms with Gasteiger partial charge in [0.05, 0.1) is 17.1 Å². The van der Waals surface area contributed by atoms with Gasteiger partial charge in [0.15, 0.2) is 11.6 Å². The summed E-state index contributed by atoms with van der Waals surface area (Å²) in [5.41, 5.74) is -1.64. The Hall–Kier alpha value is -1.86. The Morgan fingerprint density at radius 3 is 2.48 bits per heavy atom. The van der Waals surface area contributed by atoms with E-state index in [1.54, 1.807) is 6.07 Å². The lowest BCUT2D eigenvalue weighted by atomic mass is 9.65. The van der Waals surface area contributed by atoms with Crippen LogP contribution in [0, 0.1) is 10.1 Å². The van der Waals surface area contributed by atoms with Crippen molar-refractivity contribution in [1.82, 2.24) is 0 Å². The number of nitro groups is 1. The van der Waals surface area contributed by atoms with Gasteiger partial charge in [-0.3, -0.25) is 19.7 Å². The van der Waals surface area contributed by atoms with E-state index in [2.05, 4.69) is 15.9 Å². The maximum absolute atomic E-state index is 12.7. The van der Waals surface area contributed by atoms with E-state index in [4.69, 9.17) is 5.11 Å². The molecule has 0 aromatic heterocycles. The third kappa shape index (κ3) is 3.25. The molecule has 0 radical (unpaired) electrons. The van der Waals surface area contributed by atoms with Crippen LogP contribution in [0.15, 0.2) is 34.8 Å². The van der Waals surface area contributed by atoms with Gasteiger partial charge >= 0.3 is 0 Å². The number of nitrogens with zero attached hydrogens (tertiary/aromatic N) is 1. The van der Waals surface area contributed by atoms with Crippen molar-refractivity contribution < 1.29 is 19.6 Å². The van der Waals surface area contributed by atoms with Crippen molar-refractivity contribution in [2.24, 2.45) is 0 Å². The van der Waals surface area contributed by atoms with Crippen molar-refractivity contribution in [2.45, 2.75) is 31.1 Å². The lowest BCUT2D eigenvalue weighted by molar-refractivity contribution is -0.385. The first-order valence-corrected chi connectivity index (χ1v) is 7.98. The summed E-state index contributed by atoms with van der Waals surface area (Å²) in [7, 11) is 0. The topological polar surface area (TPSA) is 97.5 Å². The number of hydrogen-bond acceptors (Lipinski definition) is 5. The third-order valence-electron chi connectivity index (χ3n) is 4.10. The van der Waals surface area contributed by atoms with Gasteiger partial charge in [0.25, 0.3) is 5.69 Å². The smallest absolute Gasteiger partial charge is 0.274 e. The second-order valence-corrected chi connectivity index (χ2v) is 6.41. The molecule has 0 saturated heterocycles. The van der Waals surface area contributed by atoms with Gasteiger partial charge in [0.2, 0.25) is 0 Å². The molecule has 0 atom stereocenters. The SMILES string of the molecule is O=C1CCCC(=O)C1(C/C=C(\Br)CO)c1ccccc1[N+](=O)[O-]. The summed E-state index contributed by atoms with van der Waals surface area (Å²) < 4.78 is 0.432. The largest absolute Gasteiger partial charge is 0.391 e. The molecule has 1 aliphatic carbocycles. The van der Waals surface area contributed by atoms with E-state index in [-0.39, 0.29) is 48.7 Å². The van der Waals surface area contributed by atoms with Crippen LogP contribution in [-0.4, -0.2) is 28.2 Å². The van der Waals surface area contributed by atoms with Crippen molar-refractivity contribution in [3.63, 3.8) is 0 Å². The van der Waals surface area contributed by atoms with E-state index >= 15 is 0 Å². The van der Waals surface area contributed by atoms with Crippen LogP contribution in [0.3, 0.4) is 0 Å². The average Bonchev–Trinajstić information content (AvgIpc) is 2.54. The van der Waals surface area contributed by atoms with E-state index in [0.29, 0.717) is 10.9 Å². The molecule has 2 rings (SSSR count). The van der Waals surface area contributed by atoms with Gasteiger partial charge < -0.3 is 5.11 Å². The maximum Gasteiger partial charge on any atom is 0.274 e. The predicted molar refractivity (Wildman–Crippen MR) is 87.4 cm³/mol. The average molecular weight is 382 g/mol. The molecule has 122 valence electrons. The fourth-order valence-corrected chi connectivity index (χ4v) is 3.11. The number of Topliss-reactive ketones (excluding diaryl/α,β-unsaturated/α-hetero) is 2. The molecule has 23 heavy (non-hydrogen) atoms. The summed E-state index contributed by atoms with van der Waals surface area (Å²) in [6.07, 6.45) is 2.42. The summed E-state index contributed by atoms with van der Waals surface area (Å²) >= 11 is 3.14. The number of aliphatic hydroxyl groups excluding tert-OH is 1. The van der Waals surface area contributed by atoms with Crippen LogP contribution >= 0.6 is 15.9 Å². The van der Waals surface area contributed by atoms with Crippen LogP contribution in [0.2, 0.25) is 0 Å². The standard InChI is InChI=1S/C16H16BrNO5/c17-11(10-19)8-9-16(14(20)6-3-7-15(16)21)12-4-1-2-5-13(12)18(22)23/h1-2,4-5,8,19H,3,6-7,9-10H2/b11-8-. The lowest BCUT2D eigenvalue weighted by Gasteiger charge is -2.33. The van der Waals surface area contributed by atoms with Crippen LogP contribution in [0.25, 0.3) is 0 Å².